The molecule has 0 unspecified atom stereocenters. The molecular weight excluding hydrogens is 233 g/mol. The van der Waals surface area contributed by atoms with Crippen LogP contribution >= 0.6 is 0 Å². The summed E-state index contributed by atoms with van der Waals surface area (Å²) in [6.45, 7) is 2.65. The van der Waals surface area contributed by atoms with Gasteiger partial charge >= 0.3 is 85.2 Å². The van der Waals surface area contributed by atoms with Crippen LogP contribution in [0, 0.1) is 10.2 Å². The summed E-state index contributed by atoms with van der Waals surface area (Å²) in [5, 5.41) is 8.52. The summed E-state index contributed by atoms with van der Waals surface area (Å²) in [6, 6.07) is 0. The summed E-state index contributed by atoms with van der Waals surface area (Å²) < 4.78 is 4.92. The third-order valence-corrected chi connectivity index (χ3v) is 2.58. The van der Waals surface area contributed by atoms with Crippen molar-refractivity contribution in [1.82, 2.24) is 0 Å². The van der Waals surface area contributed by atoms with Gasteiger partial charge in [0.1, 0.15) is 0 Å². The Labute approximate surface area is 85.6 Å². The second-order valence-corrected chi connectivity index (χ2v) is 4.26. The van der Waals surface area contributed by atoms with E-state index in [2.05, 4.69) is 6.92 Å². The van der Waals surface area contributed by atoms with E-state index in [1.54, 1.807) is 0 Å². The fourth-order valence-corrected chi connectivity index (χ4v) is 1.41. The third-order valence-electron chi connectivity index (χ3n) is 1.52. The van der Waals surface area contributed by atoms with Crippen LogP contribution in [0.3, 0.4) is 0 Å². The molecule has 0 bridgehead atoms. The number of hydrogen-bond acceptors (Lipinski definition) is 3. The number of rotatable bonds is 7. The Balaban J connectivity index is 3.13. The molecule has 0 atom stereocenters. The molecule has 0 aliphatic carbocycles. The molecule has 0 aliphatic heterocycles. The van der Waals surface area contributed by atoms with Gasteiger partial charge in [0.15, 0.2) is 0 Å². The van der Waals surface area contributed by atoms with E-state index < -0.39 is 0 Å². The molecule has 74 valence electrons. The van der Waals surface area contributed by atoms with Crippen molar-refractivity contribution >= 4 is 20.9 Å². The predicted octanol–water partition coefficient (Wildman–Crippen LogP) is 1.71. The summed E-state index contributed by atoms with van der Waals surface area (Å²) in [5.41, 5.74) is 0. The maximum atomic E-state index is 10.9. The molecule has 13 heavy (non-hydrogen) atoms. The number of unbranched alkanes of at least 4 members (excludes halogenated alkanes) is 3. The molecule has 0 rings (SSSR count). The van der Waals surface area contributed by atoms with Crippen LogP contribution in [0.4, 0.5) is 0 Å². The molecule has 0 saturated carbocycles. The number of esters is 1. The van der Waals surface area contributed by atoms with Gasteiger partial charge in [-0.1, -0.05) is 0 Å². The Hall–Kier alpha value is -0.521. The summed E-state index contributed by atoms with van der Waals surface area (Å²) in [7, 11) is 0. The fraction of sp³-hybridized carbons (Fsp3) is 0.778. The van der Waals surface area contributed by atoms with Crippen molar-refractivity contribution in [3.8, 4) is 4.97 Å². The van der Waals surface area contributed by atoms with Crippen molar-refractivity contribution in [3.05, 3.63) is 0 Å². The molecule has 0 fully saturated rings. The number of nitriles is 1. The average molecular weight is 248 g/mol. The second kappa shape index (κ2) is 9.57. The van der Waals surface area contributed by atoms with E-state index in [-0.39, 0.29) is 26.2 Å². The van der Waals surface area contributed by atoms with Crippen LogP contribution in [0.25, 0.3) is 0 Å². The first-order valence-corrected chi connectivity index (χ1v) is 6.54. The Morgan fingerprint density at radius 3 is 2.85 bits per heavy atom. The zero-order valence-corrected chi connectivity index (χ0v) is 9.63. The Morgan fingerprint density at radius 2 is 2.23 bits per heavy atom. The van der Waals surface area contributed by atoms with E-state index in [4.69, 9.17) is 10.00 Å². The SMILES string of the molecule is CCCCCCOC(=O)C[Se]C#N. The number of nitrogens with zero attached hydrogens (tertiary/aromatic N) is 1. The molecule has 0 amide bonds. The van der Waals surface area contributed by atoms with Gasteiger partial charge in [0.05, 0.1) is 0 Å². The molecule has 4 heteroatoms. The normalized spacial score (nSPS) is 9.23. The van der Waals surface area contributed by atoms with E-state index in [1.807, 2.05) is 4.97 Å². The minimum atomic E-state index is -0.236. The van der Waals surface area contributed by atoms with Gasteiger partial charge in [0.25, 0.3) is 0 Å². The van der Waals surface area contributed by atoms with Crippen molar-refractivity contribution in [2.24, 2.45) is 0 Å². The molecule has 0 spiro atoms. The van der Waals surface area contributed by atoms with Gasteiger partial charge in [-0.3, -0.25) is 0 Å². The minimum absolute atomic E-state index is 0.224. The van der Waals surface area contributed by atoms with E-state index in [0.29, 0.717) is 6.61 Å². The van der Waals surface area contributed by atoms with Crippen molar-refractivity contribution in [2.75, 3.05) is 6.61 Å². The van der Waals surface area contributed by atoms with Crippen molar-refractivity contribution in [1.29, 1.82) is 5.26 Å². The summed E-state index contributed by atoms with van der Waals surface area (Å²) in [4.78, 5) is 12.8. The monoisotopic (exact) mass is 249 g/mol. The molecule has 0 aromatic heterocycles. The Bertz CT molecular complexity index is 177. The molecule has 0 aliphatic rings. The van der Waals surface area contributed by atoms with Crippen LogP contribution in [-0.2, 0) is 9.53 Å². The standard InChI is InChI=1S/C9H15NO2Se/c1-2-3-4-5-6-12-9(11)7-13-8-10/h2-7H2,1H3. The number of carbonyl (C=O) groups is 1. The van der Waals surface area contributed by atoms with E-state index in [9.17, 15) is 4.79 Å². The second-order valence-electron chi connectivity index (χ2n) is 2.66. The molecule has 0 N–H and O–H groups in total. The molecule has 0 saturated heterocycles. The van der Waals surface area contributed by atoms with Gasteiger partial charge in [-0.15, -0.1) is 0 Å². The van der Waals surface area contributed by atoms with Crippen molar-refractivity contribution in [3.63, 3.8) is 0 Å². The first-order chi connectivity index (χ1) is 6.31. The van der Waals surface area contributed by atoms with E-state index in [1.165, 1.54) is 12.8 Å². The van der Waals surface area contributed by atoms with Gasteiger partial charge in [0.2, 0.25) is 0 Å². The van der Waals surface area contributed by atoms with Gasteiger partial charge in [-0.2, -0.15) is 0 Å². The van der Waals surface area contributed by atoms with Crippen LogP contribution < -0.4 is 0 Å². The van der Waals surface area contributed by atoms with Gasteiger partial charge in [0, 0.05) is 0 Å². The van der Waals surface area contributed by atoms with Crippen molar-refractivity contribution < 1.29 is 9.53 Å². The summed E-state index contributed by atoms with van der Waals surface area (Å²) in [5.74, 6) is -0.224. The van der Waals surface area contributed by atoms with Gasteiger partial charge in [-0.05, 0) is 0 Å². The average Bonchev–Trinajstić information content (AvgIpc) is 2.14. The summed E-state index contributed by atoms with van der Waals surface area (Å²) in [6.07, 6.45) is 4.44. The zero-order chi connectivity index (χ0) is 9.94. The van der Waals surface area contributed by atoms with Crippen LogP contribution in [0.2, 0.25) is 5.32 Å². The maximum absolute atomic E-state index is 10.9. The van der Waals surface area contributed by atoms with Crippen LogP contribution in [0.15, 0.2) is 0 Å². The van der Waals surface area contributed by atoms with Crippen LogP contribution in [0.1, 0.15) is 32.6 Å². The predicted molar refractivity (Wildman–Crippen MR) is 51.3 cm³/mol. The van der Waals surface area contributed by atoms with Gasteiger partial charge in [-0.25, -0.2) is 0 Å². The number of carbonyl (C=O) groups excluding carboxylic acids is 1. The van der Waals surface area contributed by atoms with Gasteiger partial charge < -0.3 is 0 Å². The topological polar surface area (TPSA) is 50.1 Å². The Morgan fingerprint density at radius 1 is 1.46 bits per heavy atom. The quantitative estimate of drug-likeness (QED) is 0.391. The van der Waals surface area contributed by atoms with Crippen molar-refractivity contribution in [2.45, 2.75) is 37.9 Å². The molecule has 0 aromatic rings. The Kier molecular flexibility index (Phi) is 9.18. The van der Waals surface area contributed by atoms with Crippen LogP contribution in [0.5, 0.6) is 0 Å². The fourth-order valence-electron chi connectivity index (χ4n) is 0.848. The van der Waals surface area contributed by atoms with E-state index >= 15 is 0 Å². The molecule has 0 aromatic carbocycles. The molecule has 3 nitrogen and oxygen atoms in total. The van der Waals surface area contributed by atoms with Crippen LogP contribution in [-0.4, -0.2) is 27.5 Å². The third kappa shape index (κ3) is 9.39. The number of ether oxygens (including phenoxy) is 1. The molecule has 0 heterocycles. The first kappa shape index (κ1) is 12.5. The van der Waals surface area contributed by atoms with E-state index in [0.717, 1.165) is 12.8 Å². The summed E-state index contributed by atoms with van der Waals surface area (Å²) >= 11 is -0.236. The molecule has 0 radical (unpaired) electrons. The zero-order valence-electron chi connectivity index (χ0n) is 7.91. The first-order valence-electron chi connectivity index (χ1n) is 4.47. The molecular formula is C9H15NO2Se. The number of hydrogen-bond donors (Lipinski definition) is 0.